The summed E-state index contributed by atoms with van der Waals surface area (Å²) in [5.74, 6) is -0.378. The number of nitrogens with zero attached hydrogens (tertiary/aromatic N) is 3. The van der Waals surface area contributed by atoms with Crippen molar-refractivity contribution >= 4 is 11.6 Å². The lowest BCUT2D eigenvalue weighted by atomic mass is 9.92. The van der Waals surface area contributed by atoms with E-state index in [4.69, 9.17) is 17.3 Å². The molecule has 0 aliphatic rings. The molecule has 0 saturated carbocycles. The second kappa shape index (κ2) is 5.50. The normalized spacial score (nSPS) is 14.3. The summed E-state index contributed by atoms with van der Waals surface area (Å²) in [5.41, 5.74) is 7.88. The largest absolute Gasteiger partial charge is 0.320 e. The van der Waals surface area contributed by atoms with E-state index in [9.17, 15) is 4.39 Å². The number of halogens is 2. The van der Waals surface area contributed by atoms with Crippen LogP contribution >= 0.6 is 11.6 Å². The van der Waals surface area contributed by atoms with Gasteiger partial charge in [-0.3, -0.25) is 9.67 Å². The molecular formula is C14H18ClFN4. The maximum Gasteiger partial charge on any atom is 0.141 e. The molecule has 2 aromatic heterocycles. The molecule has 1 unspecified atom stereocenters. The molecule has 2 N–H and O–H groups in total. The van der Waals surface area contributed by atoms with Gasteiger partial charge in [-0.15, -0.1) is 0 Å². The molecule has 0 aliphatic carbocycles. The van der Waals surface area contributed by atoms with Crippen LogP contribution in [0.5, 0.6) is 0 Å². The maximum atomic E-state index is 12.9. The minimum Gasteiger partial charge on any atom is -0.320 e. The van der Waals surface area contributed by atoms with Gasteiger partial charge in [0.1, 0.15) is 5.82 Å². The van der Waals surface area contributed by atoms with E-state index in [-0.39, 0.29) is 5.82 Å². The quantitative estimate of drug-likeness (QED) is 0.944. The highest BCUT2D eigenvalue weighted by Crippen LogP contribution is 2.27. The van der Waals surface area contributed by atoms with Crippen molar-refractivity contribution in [2.24, 2.45) is 5.73 Å². The van der Waals surface area contributed by atoms with E-state index in [1.54, 1.807) is 6.07 Å². The van der Waals surface area contributed by atoms with Gasteiger partial charge >= 0.3 is 0 Å². The molecule has 0 bridgehead atoms. The lowest BCUT2D eigenvalue weighted by Crippen LogP contribution is -2.37. The minimum atomic E-state index is -0.739. The third-order valence-electron chi connectivity index (χ3n) is 3.30. The van der Waals surface area contributed by atoms with Gasteiger partial charge in [-0.05, 0) is 32.9 Å². The molecule has 20 heavy (non-hydrogen) atoms. The standard InChI is InChI=1S/C14H18ClFN4/c1-4-20-11(13(15)9(2)19-20)7-14(3,17)12-6-5-10(16)8-18-12/h5-6,8H,4,7,17H2,1-3H3. The van der Waals surface area contributed by atoms with Crippen LogP contribution in [-0.2, 0) is 18.5 Å². The van der Waals surface area contributed by atoms with Gasteiger partial charge in [0.05, 0.1) is 33.8 Å². The second-order valence-electron chi connectivity index (χ2n) is 5.12. The molecule has 2 aromatic rings. The zero-order valence-electron chi connectivity index (χ0n) is 11.8. The fourth-order valence-electron chi connectivity index (χ4n) is 2.19. The minimum absolute atomic E-state index is 0.378. The Morgan fingerprint density at radius 2 is 2.15 bits per heavy atom. The molecule has 0 spiro atoms. The summed E-state index contributed by atoms with van der Waals surface area (Å²) >= 11 is 6.29. The summed E-state index contributed by atoms with van der Waals surface area (Å²) in [4.78, 5) is 4.07. The van der Waals surface area contributed by atoms with Gasteiger partial charge in [0.2, 0.25) is 0 Å². The second-order valence-corrected chi connectivity index (χ2v) is 5.50. The van der Waals surface area contributed by atoms with Crippen molar-refractivity contribution in [2.75, 3.05) is 0 Å². The number of nitrogens with two attached hydrogens (primary N) is 1. The van der Waals surface area contributed by atoms with Gasteiger partial charge in [-0.1, -0.05) is 11.6 Å². The van der Waals surface area contributed by atoms with Crippen molar-refractivity contribution in [3.8, 4) is 0 Å². The zero-order chi connectivity index (χ0) is 14.9. The van der Waals surface area contributed by atoms with Gasteiger partial charge in [0, 0.05) is 13.0 Å². The molecule has 0 radical (unpaired) electrons. The van der Waals surface area contributed by atoms with Crippen LogP contribution in [0.2, 0.25) is 5.02 Å². The smallest absolute Gasteiger partial charge is 0.141 e. The van der Waals surface area contributed by atoms with Crippen molar-refractivity contribution in [3.05, 3.63) is 46.3 Å². The summed E-state index contributed by atoms with van der Waals surface area (Å²) < 4.78 is 14.8. The third-order valence-corrected chi connectivity index (χ3v) is 3.79. The molecule has 0 fully saturated rings. The maximum absolute atomic E-state index is 12.9. The number of hydrogen-bond donors (Lipinski definition) is 1. The number of pyridine rings is 1. The predicted octanol–water partition coefficient (Wildman–Crippen LogP) is 2.82. The third kappa shape index (κ3) is 2.83. The summed E-state index contributed by atoms with van der Waals surface area (Å²) in [5, 5.41) is 5.00. The number of aromatic nitrogens is 3. The van der Waals surface area contributed by atoms with Crippen molar-refractivity contribution in [1.82, 2.24) is 14.8 Å². The van der Waals surface area contributed by atoms with Crippen LogP contribution in [0.1, 0.15) is 30.9 Å². The van der Waals surface area contributed by atoms with Crippen molar-refractivity contribution in [1.29, 1.82) is 0 Å². The average molecular weight is 297 g/mol. The molecule has 0 aromatic carbocycles. The van der Waals surface area contributed by atoms with E-state index in [0.29, 0.717) is 17.1 Å². The number of aryl methyl sites for hydroxylation is 2. The average Bonchev–Trinajstić information content (AvgIpc) is 2.66. The fraction of sp³-hybridized carbons (Fsp3) is 0.429. The molecule has 2 heterocycles. The van der Waals surface area contributed by atoms with E-state index < -0.39 is 5.54 Å². The first-order valence-electron chi connectivity index (χ1n) is 6.48. The molecule has 4 nitrogen and oxygen atoms in total. The van der Waals surface area contributed by atoms with E-state index in [1.807, 2.05) is 25.5 Å². The molecular weight excluding hydrogens is 279 g/mol. The first kappa shape index (κ1) is 14.9. The molecule has 1 atom stereocenters. The summed E-state index contributed by atoms with van der Waals surface area (Å²) in [7, 11) is 0. The molecule has 6 heteroatoms. The zero-order valence-corrected chi connectivity index (χ0v) is 12.6. The SMILES string of the molecule is CCn1nc(C)c(Cl)c1CC(C)(N)c1ccc(F)cn1. The van der Waals surface area contributed by atoms with Crippen LogP contribution in [0.4, 0.5) is 4.39 Å². The highest BCUT2D eigenvalue weighted by Gasteiger charge is 2.27. The Labute approximate surface area is 122 Å². The molecule has 108 valence electrons. The lowest BCUT2D eigenvalue weighted by Gasteiger charge is -2.24. The van der Waals surface area contributed by atoms with Crippen molar-refractivity contribution in [3.63, 3.8) is 0 Å². The van der Waals surface area contributed by atoms with Crippen LogP contribution < -0.4 is 5.73 Å². The Morgan fingerprint density at radius 3 is 2.70 bits per heavy atom. The van der Waals surface area contributed by atoms with E-state index in [2.05, 4.69) is 10.1 Å². The van der Waals surface area contributed by atoms with E-state index >= 15 is 0 Å². The Hall–Kier alpha value is -1.46. The Kier molecular flexibility index (Phi) is 4.11. The molecule has 0 saturated heterocycles. The van der Waals surface area contributed by atoms with Gasteiger partial charge < -0.3 is 5.73 Å². The van der Waals surface area contributed by atoms with Crippen LogP contribution in [-0.4, -0.2) is 14.8 Å². The van der Waals surface area contributed by atoms with Crippen molar-refractivity contribution in [2.45, 2.75) is 39.3 Å². The highest BCUT2D eigenvalue weighted by molar-refractivity contribution is 6.31. The van der Waals surface area contributed by atoms with Gasteiger partial charge in [0.15, 0.2) is 0 Å². The van der Waals surface area contributed by atoms with Crippen molar-refractivity contribution < 1.29 is 4.39 Å². The number of rotatable bonds is 4. The van der Waals surface area contributed by atoms with E-state index in [0.717, 1.165) is 17.9 Å². The summed E-state index contributed by atoms with van der Waals surface area (Å²) in [6.07, 6.45) is 1.66. The molecule has 0 aliphatic heterocycles. The Bertz CT molecular complexity index is 604. The molecule has 0 amide bonds. The molecule has 2 rings (SSSR count). The first-order valence-corrected chi connectivity index (χ1v) is 6.85. The van der Waals surface area contributed by atoms with Crippen LogP contribution in [0, 0.1) is 12.7 Å². The number of hydrogen-bond acceptors (Lipinski definition) is 3. The van der Waals surface area contributed by atoms with Crippen LogP contribution in [0.3, 0.4) is 0 Å². The highest BCUT2D eigenvalue weighted by atomic mass is 35.5. The topological polar surface area (TPSA) is 56.7 Å². The lowest BCUT2D eigenvalue weighted by molar-refractivity contribution is 0.449. The Balaban J connectivity index is 2.35. The van der Waals surface area contributed by atoms with Gasteiger partial charge in [-0.2, -0.15) is 5.10 Å². The first-order chi connectivity index (χ1) is 9.35. The predicted molar refractivity (Wildman–Crippen MR) is 77.1 cm³/mol. The van der Waals surface area contributed by atoms with Gasteiger partial charge in [0.25, 0.3) is 0 Å². The fourth-order valence-corrected chi connectivity index (χ4v) is 2.39. The summed E-state index contributed by atoms with van der Waals surface area (Å²) in [6, 6.07) is 2.96. The van der Waals surface area contributed by atoms with E-state index in [1.165, 1.54) is 12.3 Å². The van der Waals surface area contributed by atoms with Gasteiger partial charge in [-0.25, -0.2) is 4.39 Å². The van der Waals surface area contributed by atoms with Crippen LogP contribution in [0.15, 0.2) is 18.3 Å². The Morgan fingerprint density at radius 1 is 1.45 bits per heavy atom. The monoisotopic (exact) mass is 296 g/mol. The summed E-state index contributed by atoms with van der Waals surface area (Å²) in [6.45, 7) is 6.43. The van der Waals surface area contributed by atoms with Crippen LogP contribution in [0.25, 0.3) is 0 Å².